The van der Waals surface area contributed by atoms with Gasteiger partial charge in [-0.2, -0.15) is 27.4 Å². The normalized spacial score (nSPS) is 12.2. The molecule has 10 aromatic heterocycles. The number of hydrogen-bond acceptors (Lipinski definition) is 12. The van der Waals surface area contributed by atoms with E-state index in [-0.39, 0.29) is 32.5 Å². The molecule has 18 heteroatoms. The van der Waals surface area contributed by atoms with Crippen LogP contribution in [0.5, 0.6) is 0 Å². The summed E-state index contributed by atoms with van der Waals surface area (Å²) >= 11 is 0. The fourth-order valence-corrected chi connectivity index (χ4v) is 13.7. The molecule has 0 aliphatic carbocycles. The van der Waals surface area contributed by atoms with E-state index in [1.54, 1.807) is 0 Å². The first-order valence-corrected chi connectivity index (χ1v) is 40.9. The lowest BCUT2D eigenvalue weighted by Crippen LogP contribution is -2.29. The first-order valence-electron chi connectivity index (χ1n) is 40.9. The van der Waals surface area contributed by atoms with Crippen LogP contribution in [0, 0.1) is 0 Å². The van der Waals surface area contributed by atoms with Gasteiger partial charge in [0.05, 0.1) is 0 Å². The Morgan fingerprint density at radius 1 is 0.133 bits per heavy atom. The Bertz CT molecular complexity index is 5640. The van der Waals surface area contributed by atoms with Crippen LogP contribution in [-0.4, -0.2) is 59.8 Å². The molecular weight excluding hydrogens is 1480 g/mol. The number of nitrogens with zero attached hydrogens (tertiary/aromatic N) is 18. The maximum absolute atomic E-state index is 5.20. The van der Waals surface area contributed by atoms with Gasteiger partial charge in [-0.1, -0.05) is 125 Å². The standard InChI is InChI=1S/C102H102N18/c1-97(2,3)91-106-88(107-92(112-91)98(4,5)6)76-25-37-82(38-26-76)118-61-49-70(50-62-118)67-43-55-115(56-44-67)79-31-19-73(20-32-79)85-103-86(74-21-33-80(34-22-74)116-57-45-68(46-58-116)71-51-63-119(64-52-71)83-39-27-77(28-40-83)89-108-93(99(7,8)9)113-94(109-89)100(10,11)12)105-87(104-85)75-23-35-81(36-24-75)117-59-47-69(48-60-117)72-53-65-120(66-54-72)84-41-29-78(30-42-84)90-110-95(101(13,14)15)114-96(111-90)102(16,17)18/h19-66H,1-18H3/q+6. The van der Waals surface area contributed by atoms with Crippen LogP contribution < -0.4 is 27.4 Å². The summed E-state index contributed by atoms with van der Waals surface area (Å²) in [6, 6.07) is 76.1. The second kappa shape index (κ2) is 31.6. The van der Waals surface area contributed by atoms with Crippen LogP contribution in [0.25, 0.3) is 136 Å². The molecule has 0 spiro atoms. The smallest absolute Gasteiger partial charge is 0.210 e. The Labute approximate surface area is 703 Å². The van der Waals surface area contributed by atoms with Crippen LogP contribution in [0.15, 0.2) is 293 Å². The quantitative estimate of drug-likeness (QED) is 0.0889. The molecule has 594 valence electrons. The number of pyridine rings is 6. The van der Waals surface area contributed by atoms with Crippen LogP contribution in [0.4, 0.5) is 0 Å². The van der Waals surface area contributed by atoms with Gasteiger partial charge in [0, 0.05) is 211 Å². The van der Waals surface area contributed by atoms with E-state index in [2.05, 4.69) is 445 Å². The number of hydrogen-bond donors (Lipinski definition) is 0. The van der Waals surface area contributed by atoms with Gasteiger partial charge in [0.1, 0.15) is 34.9 Å². The number of benzene rings is 6. The first kappa shape index (κ1) is 80.1. The zero-order valence-electron chi connectivity index (χ0n) is 71.8. The Balaban J connectivity index is 0.627. The zero-order chi connectivity index (χ0) is 84.2. The molecule has 10 heterocycles. The average molecular weight is 1580 g/mol. The maximum atomic E-state index is 5.20. The lowest BCUT2D eigenvalue weighted by atomic mass is 9.93. The minimum absolute atomic E-state index is 0.215. The van der Waals surface area contributed by atoms with Gasteiger partial charge in [0.25, 0.3) is 0 Å². The van der Waals surface area contributed by atoms with Crippen molar-refractivity contribution in [2.75, 3.05) is 0 Å². The molecule has 120 heavy (non-hydrogen) atoms. The molecule has 16 aromatic rings. The molecule has 6 aromatic carbocycles. The molecule has 0 fully saturated rings. The van der Waals surface area contributed by atoms with Gasteiger partial charge in [-0.25, -0.2) is 59.8 Å². The van der Waals surface area contributed by atoms with Crippen LogP contribution >= 0.6 is 0 Å². The minimum atomic E-state index is -0.215. The molecule has 0 saturated carbocycles. The molecule has 0 atom stereocenters. The summed E-state index contributed by atoms with van der Waals surface area (Å²) in [5, 5.41) is 0. The molecule has 0 aliphatic rings. The molecular formula is C102H102N18+6. The summed E-state index contributed by atoms with van der Waals surface area (Å²) in [6.07, 6.45) is 25.2. The van der Waals surface area contributed by atoms with Crippen molar-refractivity contribution in [1.29, 1.82) is 0 Å². The molecule has 0 bridgehead atoms. The van der Waals surface area contributed by atoms with E-state index in [0.717, 1.165) is 136 Å². The lowest BCUT2D eigenvalue weighted by molar-refractivity contribution is -0.596. The highest BCUT2D eigenvalue weighted by molar-refractivity contribution is 5.69. The summed E-state index contributed by atoms with van der Waals surface area (Å²) in [7, 11) is 0. The van der Waals surface area contributed by atoms with Crippen LogP contribution in [0.1, 0.15) is 160 Å². The van der Waals surface area contributed by atoms with Gasteiger partial charge in [-0.15, -0.1) is 0 Å². The van der Waals surface area contributed by atoms with Crippen molar-refractivity contribution in [3.8, 4) is 136 Å². The number of aromatic nitrogens is 18. The van der Waals surface area contributed by atoms with E-state index in [1.807, 2.05) is 0 Å². The van der Waals surface area contributed by atoms with Crippen molar-refractivity contribution in [2.45, 2.75) is 157 Å². The van der Waals surface area contributed by atoms with Gasteiger partial charge < -0.3 is 0 Å². The molecule has 18 nitrogen and oxygen atoms in total. The van der Waals surface area contributed by atoms with E-state index in [0.29, 0.717) is 34.9 Å². The second-order valence-electron chi connectivity index (χ2n) is 37.0. The van der Waals surface area contributed by atoms with E-state index in [1.165, 1.54) is 0 Å². The minimum Gasteiger partial charge on any atom is -0.217 e. The molecule has 0 radical (unpaired) electrons. The highest BCUT2D eigenvalue weighted by Crippen LogP contribution is 2.34. The van der Waals surface area contributed by atoms with Crippen LogP contribution in [-0.2, 0) is 32.5 Å². The topological polar surface area (TPSA) is 178 Å². The Morgan fingerprint density at radius 2 is 0.250 bits per heavy atom. The number of rotatable bonds is 15. The fraction of sp³-hybridized carbons (Fsp3) is 0.235. The lowest BCUT2D eigenvalue weighted by Gasteiger charge is -2.22. The van der Waals surface area contributed by atoms with Crippen molar-refractivity contribution in [3.05, 3.63) is 328 Å². The van der Waals surface area contributed by atoms with Gasteiger partial charge >= 0.3 is 0 Å². The Morgan fingerprint density at radius 3 is 0.367 bits per heavy atom. The summed E-state index contributed by atoms with van der Waals surface area (Å²) in [5.41, 5.74) is 16.8. The van der Waals surface area contributed by atoms with Crippen LogP contribution in [0.3, 0.4) is 0 Å². The Hall–Kier alpha value is -13.7. The van der Waals surface area contributed by atoms with Gasteiger partial charge in [-0.05, 0) is 106 Å². The summed E-state index contributed by atoms with van der Waals surface area (Å²) in [5.74, 6) is 8.48. The molecule has 0 aliphatic heterocycles. The van der Waals surface area contributed by atoms with E-state index < -0.39 is 0 Å². The van der Waals surface area contributed by atoms with Crippen molar-refractivity contribution < 1.29 is 27.4 Å². The summed E-state index contributed by atoms with van der Waals surface area (Å²) in [4.78, 5) is 59.8. The van der Waals surface area contributed by atoms with E-state index in [4.69, 9.17) is 59.8 Å². The fourth-order valence-electron chi connectivity index (χ4n) is 13.7. The summed E-state index contributed by atoms with van der Waals surface area (Å²) < 4.78 is 12.7. The van der Waals surface area contributed by atoms with Crippen molar-refractivity contribution in [2.24, 2.45) is 0 Å². The second-order valence-corrected chi connectivity index (χ2v) is 37.0. The predicted octanol–water partition coefficient (Wildman–Crippen LogP) is 18.9. The maximum Gasteiger partial charge on any atom is 0.210 e. The third kappa shape index (κ3) is 17.8. The molecule has 0 saturated heterocycles. The predicted molar refractivity (Wildman–Crippen MR) is 470 cm³/mol. The zero-order valence-corrected chi connectivity index (χ0v) is 71.8. The van der Waals surface area contributed by atoms with Crippen molar-refractivity contribution >= 4 is 0 Å². The monoisotopic (exact) mass is 1580 g/mol. The average Bonchev–Trinajstić information content (AvgIpc) is 0.795. The van der Waals surface area contributed by atoms with Crippen molar-refractivity contribution in [1.82, 2.24) is 59.8 Å². The molecule has 0 unspecified atom stereocenters. The largest absolute Gasteiger partial charge is 0.217 e. The van der Waals surface area contributed by atoms with Gasteiger partial charge in [0.15, 0.2) is 109 Å². The van der Waals surface area contributed by atoms with Gasteiger partial charge in [-0.3, -0.25) is 0 Å². The molecule has 16 rings (SSSR count). The van der Waals surface area contributed by atoms with Crippen molar-refractivity contribution in [3.63, 3.8) is 0 Å². The Kier molecular flexibility index (Phi) is 21.1. The van der Waals surface area contributed by atoms with Gasteiger partial charge in [0.2, 0.25) is 34.1 Å². The summed E-state index contributed by atoms with van der Waals surface area (Å²) in [6.45, 7) is 38.5. The van der Waals surface area contributed by atoms with Crippen LogP contribution in [0.2, 0.25) is 0 Å². The highest BCUT2D eigenvalue weighted by atomic mass is 15.1. The third-order valence-electron chi connectivity index (χ3n) is 21.1. The van der Waals surface area contributed by atoms with E-state index >= 15 is 0 Å². The molecule has 0 N–H and O–H groups in total. The SMILES string of the molecule is CC(C)(C)c1nc(-c2ccc(-[n+]3ccc(-c4cc[n+](-c5ccc(-c6nc(-c7ccc(-[n+]8ccc(-c9cc[n+](-c%10ccc(-c%11nc(C(C)(C)C)nc(C(C)(C)C)n%11)cc%10)cc9)cc8)cc7)nc(-c7ccc(-[n+]8ccc(-c9cc[n+](-c%10ccc(-c%11nc(C(C)(C)C)nc(C(C)(C)C)n%11)cc%10)cc9)cc8)cc7)n6)cc5)cc4)cc3)cc2)nc(C(C)(C)C)n1. The molecule has 0 amide bonds. The highest BCUT2D eigenvalue weighted by Gasteiger charge is 2.30. The first-order chi connectivity index (χ1) is 57.1. The third-order valence-corrected chi connectivity index (χ3v) is 21.1. The van der Waals surface area contributed by atoms with E-state index in [9.17, 15) is 0 Å².